The van der Waals surface area contributed by atoms with Gasteiger partial charge in [-0.1, -0.05) is 31.2 Å². The van der Waals surface area contributed by atoms with Gasteiger partial charge in [0.1, 0.15) is 5.75 Å². The van der Waals surface area contributed by atoms with Crippen molar-refractivity contribution in [2.75, 3.05) is 20.3 Å². The fourth-order valence-corrected chi connectivity index (χ4v) is 2.41. The maximum absolute atomic E-state index is 5.70. The van der Waals surface area contributed by atoms with Gasteiger partial charge in [0.05, 0.1) is 13.2 Å². The SMILES string of the molecule is CCCOc1ncccc1CNC(=NC)NCc1ccccc1OCC. The second kappa shape index (κ2) is 11.0. The molecule has 6 heteroatoms. The zero-order chi connectivity index (χ0) is 18.6. The summed E-state index contributed by atoms with van der Waals surface area (Å²) in [7, 11) is 1.75. The predicted octanol–water partition coefficient (Wildman–Crippen LogP) is 3.13. The minimum atomic E-state index is 0.583. The van der Waals surface area contributed by atoms with Crippen LogP contribution in [0.15, 0.2) is 47.6 Å². The van der Waals surface area contributed by atoms with Crippen LogP contribution in [0.3, 0.4) is 0 Å². The van der Waals surface area contributed by atoms with Crippen LogP contribution in [0.4, 0.5) is 0 Å². The number of ether oxygens (including phenoxy) is 2. The van der Waals surface area contributed by atoms with Gasteiger partial charge in [-0.25, -0.2) is 4.98 Å². The van der Waals surface area contributed by atoms with Crippen molar-refractivity contribution < 1.29 is 9.47 Å². The molecule has 140 valence electrons. The van der Waals surface area contributed by atoms with Gasteiger partial charge in [-0.15, -0.1) is 0 Å². The standard InChI is InChI=1S/C20H28N4O2/c1-4-13-26-19-17(10-8-12-22-19)15-24-20(21-3)23-14-16-9-6-7-11-18(16)25-5-2/h6-12H,4-5,13-15H2,1-3H3,(H2,21,23,24). The van der Waals surface area contributed by atoms with E-state index in [-0.39, 0.29) is 0 Å². The molecular weight excluding hydrogens is 328 g/mol. The summed E-state index contributed by atoms with van der Waals surface area (Å²) in [6, 6.07) is 11.9. The number of hydrogen-bond acceptors (Lipinski definition) is 4. The van der Waals surface area contributed by atoms with E-state index < -0.39 is 0 Å². The molecule has 0 spiro atoms. The molecule has 0 bridgehead atoms. The number of nitrogens with zero attached hydrogens (tertiary/aromatic N) is 2. The van der Waals surface area contributed by atoms with E-state index in [1.165, 1.54) is 0 Å². The van der Waals surface area contributed by atoms with E-state index in [1.54, 1.807) is 13.2 Å². The zero-order valence-electron chi connectivity index (χ0n) is 15.8. The third-order valence-electron chi connectivity index (χ3n) is 3.68. The molecule has 2 N–H and O–H groups in total. The van der Waals surface area contributed by atoms with Gasteiger partial charge in [0.2, 0.25) is 5.88 Å². The van der Waals surface area contributed by atoms with Gasteiger partial charge in [0, 0.05) is 37.5 Å². The van der Waals surface area contributed by atoms with Crippen molar-refractivity contribution in [3.8, 4) is 11.6 Å². The molecule has 2 aromatic rings. The smallest absolute Gasteiger partial charge is 0.218 e. The highest BCUT2D eigenvalue weighted by Gasteiger charge is 2.07. The second-order valence-corrected chi connectivity index (χ2v) is 5.64. The number of guanidine groups is 1. The lowest BCUT2D eigenvalue weighted by Gasteiger charge is -2.15. The summed E-state index contributed by atoms with van der Waals surface area (Å²) in [6.07, 6.45) is 2.69. The summed E-state index contributed by atoms with van der Waals surface area (Å²) in [5, 5.41) is 6.62. The molecule has 0 saturated heterocycles. The van der Waals surface area contributed by atoms with E-state index >= 15 is 0 Å². The van der Waals surface area contributed by atoms with Crippen molar-refractivity contribution in [2.24, 2.45) is 4.99 Å². The Bertz CT molecular complexity index is 704. The number of aromatic nitrogens is 1. The second-order valence-electron chi connectivity index (χ2n) is 5.64. The van der Waals surface area contributed by atoms with Crippen LogP contribution in [-0.4, -0.2) is 31.2 Å². The highest BCUT2D eigenvalue weighted by Crippen LogP contribution is 2.17. The molecule has 26 heavy (non-hydrogen) atoms. The molecule has 0 aliphatic carbocycles. The van der Waals surface area contributed by atoms with Crippen LogP contribution in [0.25, 0.3) is 0 Å². The van der Waals surface area contributed by atoms with Gasteiger partial charge in [-0.3, -0.25) is 4.99 Å². The summed E-state index contributed by atoms with van der Waals surface area (Å²) < 4.78 is 11.4. The van der Waals surface area contributed by atoms with Crippen molar-refractivity contribution in [1.82, 2.24) is 15.6 Å². The van der Waals surface area contributed by atoms with Crippen molar-refractivity contribution >= 4 is 5.96 Å². The van der Waals surface area contributed by atoms with E-state index in [2.05, 4.69) is 27.5 Å². The first-order valence-electron chi connectivity index (χ1n) is 9.00. The Morgan fingerprint density at radius 3 is 2.46 bits per heavy atom. The van der Waals surface area contributed by atoms with Gasteiger partial charge in [-0.05, 0) is 25.5 Å². The quantitative estimate of drug-likeness (QED) is 0.534. The molecule has 0 amide bonds. The monoisotopic (exact) mass is 356 g/mol. The molecule has 0 radical (unpaired) electrons. The molecule has 1 aromatic heterocycles. The molecule has 1 aromatic carbocycles. The van der Waals surface area contributed by atoms with Crippen LogP contribution >= 0.6 is 0 Å². The third-order valence-corrected chi connectivity index (χ3v) is 3.68. The van der Waals surface area contributed by atoms with E-state index in [0.29, 0.717) is 38.1 Å². The third kappa shape index (κ3) is 5.95. The number of rotatable bonds is 9. The van der Waals surface area contributed by atoms with Crippen LogP contribution in [0.5, 0.6) is 11.6 Å². The average Bonchev–Trinajstić information content (AvgIpc) is 2.68. The fourth-order valence-electron chi connectivity index (χ4n) is 2.41. The Labute approximate surface area is 155 Å². The van der Waals surface area contributed by atoms with Gasteiger partial charge >= 0.3 is 0 Å². The van der Waals surface area contributed by atoms with Gasteiger partial charge in [0.15, 0.2) is 5.96 Å². The highest BCUT2D eigenvalue weighted by atomic mass is 16.5. The molecular formula is C20H28N4O2. The predicted molar refractivity (Wildman–Crippen MR) is 105 cm³/mol. The van der Waals surface area contributed by atoms with E-state index in [0.717, 1.165) is 23.3 Å². The van der Waals surface area contributed by atoms with Crippen LogP contribution in [-0.2, 0) is 13.1 Å². The number of benzene rings is 1. The van der Waals surface area contributed by atoms with Gasteiger partial charge < -0.3 is 20.1 Å². The summed E-state index contributed by atoms with van der Waals surface area (Å²) in [5.74, 6) is 2.26. The van der Waals surface area contributed by atoms with Gasteiger partial charge in [-0.2, -0.15) is 0 Å². The first kappa shape index (κ1) is 19.6. The number of nitrogens with one attached hydrogen (secondary N) is 2. The molecule has 0 saturated carbocycles. The molecule has 0 unspecified atom stereocenters. The van der Waals surface area contributed by atoms with Crippen molar-refractivity contribution in [1.29, 1.82) is 0 Å². The Kier molecular flexibility index (Phi) is 8.26. The van der Waals surface area contributed by atoms with Crippen LogP contribution in [0.2, 0.25) is 0 Å². The Balaban J connectivity index is 1.93. The first-order valence-corrected chi connectivity index (χ1v) is 9.00. The van der Waals surface area contributed by atoms with E-state index in [1.807, 2.05) is 43.3 Å². The Morgan fingerprint density at radius 1 is 1.00 bits per heavy atom. The topological polar surface area (TPSA) is 67.8 Å². The largest absolute Gasteiger partial charge is 0.494 e. The number of hydrogen-bond donors (Lipinski definition) is 2. The average molecular weight is 356 g/mol. The Hall–Kier alpha value is -2.76. The maximum atomic E-state index is 5.70. The first-order chi connectivity index (χ1) is 12.8. The summed E-state index contributed by atoms with van der Waals surface area (Å²) in [4.78, 5) is 8.58. The van der Waals surface area contributed by atoms with Crippen LogP contribution < -0.4 is 20.1 Å². The lowest BCUT2D eigenvalue weighted by Crippen LogP contribution is -2.36. The van der Waals surface area contributed by atoms with Crippen molar-refractivity contribution in [3.05, 3.63) is 53.7 Å². The summed E-state index contributed by atoms with van der Waals surface area (Å²) >= 11 is 0. The normalized spacial score (nSPS) is 11.1. The summed E-state index contributed by atoms with van der Waals surface area (Å²) in [5.41, 5.74) is 2.09. The minimum absolute atomic E-state index is 0.583. The van der Waals surface area contributed by atoms with Crippen LogP contribution in [0, 0.1) is 0 Å². The van der Waals surface area contributed by atoms with Crippen molar-refractivity contribution in [3.63, 3.8) is 0 Å². The zero-order valence-corrected chi connectivity index (χ0v) is 15.8. The number of aliphatic imine (C=N–C) groups is 1. The molecule has 0 aliphatic heterocycles. The van der Waals surface area contributed by atoms with Gasteiger partial charge in [0.25, 0.3) is 0 Å². The number of para-hydroxylation sites is 1. The molecule has 6 nitrogen and oxygen atoms in total. The lowest BCUT2D eigenvalue weighted by molar-refractivity contribution is 0.301. The Morgan fingerprint density at radius 2 is 1.73 bits per heavy atom. The minimum Gasteiger partial charge on any atom is -0.494 e. The fraction of sp³-hybridized carbons (Fsp3) is 0.400. The van der Waals surface area contributed by atoms with Crippen molar-refractivity contribution in [2.45, 2.75) is 33.4 Å². The highest BCUT2D eigenvalue weighted by molar-refractivity contribution is 5.79. The van der Waals surface area contributed by atoms with E-state index in [4.69, 9.17) is 9.47 Å². The molecule has 2 rings (SSSR count). The lowest BCUT2D eigenvalue weighted by atomic mass is 10.2. The summed E-state index contributed by atoms with van der Waals surface area (Å²) in [6.45, 7) is 6.57. The molecule has 0 atom stereocenters. The molecule has 1 heterocycles. The van der Waals surface area contributed by atoms with E-state index in [9.17, 15) is 0 Å². The molecule has 0 aliphatic rings. The number of pyridine rings is 1. The molecule has 0 fully saturated rings. The maximum Gasteiger partial charge on any atom is 0.218 e. The van der Waals surface area contributed by atoms with Crippen LogP contribution in [0.1, 0.15) is 31.4 Å².